The number of aryl methyl sites for hydroxylation is 1. The fraction of sp³-hybridized carbons (Fsp3) is 0.364. The first-order chi connectivity index (χ1) is 14.7. The van der Waals surface area contributed by atoms with E-state index in [4.69, 9.17) is 0 Å². The van der Waals surface area contributed by atoms with Crippen molar-refractivity contribution in [1.82, 2.24) is 19.7 Å². The van der Waals surface area contributed by atoms with E-state index in [1.165, 1.54) is 6.07 Å². The number of nitrogens with zero attached hydrogens (tertiary/aromatic N) is 4. The molecule has 1 aromatic carbocycles. The summed E-state index contributed by atoms with van der Waals surface area (Å²) in [4.78, 5) is 17.4. The number of anilines is 1. The summed E-state index contributed by atoms with van der Waals surface area (Å²) in [5, 5.41) is 10.9. The second-order valence-electron chi connectivity index (χ2n) is 8.20. The van der Waals surface area contributed by atoms with Gasteiger partial charge in [-0.3, -0.25) is 4.79 Å². The summed E-state index contributed by atoms with van der Waals surface area (Å²) >= 11 is 0. The average molecular weight is 440 g/mol. The summed E-state index contributed by atoms with van der Waals surface area (Å²) in [7, 11) is -1.53. The molecule has 1 fully saturated rings. The first-order valence-electron chi connectivity index (χ1n) is 10.2. The SMILES string of the molecule is C[C@@H](Cc1nncn1C)c1cccc(NC(=O)c2cc(S(C)(=O)=O)cc(C3CC3)n2)c1. The molecule has 1 aliphatic carbocycles. The smallest absolute Gasteiger partial charge is 0.274 e. The van der Waals surface area contributed by atoms with Gasteiger partial charge >= 0.3 is 0 Å². The summed E-state index contributed by atoms with van der Waals surface area (Å²) in [6.07, 6.45) is 5.46. The molecule has 31 heavy (non-hydrogen) atoms. The normalized spacial score (nSPS) is 14.9. The number of benzene rings is 1. The molecule has 0 bridgehead atoms. The van der Waals surface area contributed by atoms with E-state index >= 15 is 0 Å². The quantitative estimate of drug-likeness (QED) is 0.606. The molecule has 4 rings (SSSR count). The lowest BCUT2D eigenvalue weighted by Crippen LogP contribution is -2.16. The van der Waals surface area contributed by atoms with Crippen LogP contribution in [0.15, 0.2) is 47.6 Å². The molecule has 2 aromatic heterocycles. The Hall–Kier alpha value is -3.07. The minimum atomic E-state index is -3.44. The molecule has 1 aliphatic rings. The van der Waals surface area contributed by atoms with E-state index in [0.29, 0.717) is 11.4 Å². The van der Waals surface area contributed by atoms with E-state index in [9.17, 15) is 13.2 Å². The van der Waals surface area contributed by atoms with Gasteiger partial charge in [-0.1, -0.05) is 19.1 Å². The molecule has 1 N–H and O–H groups in total. The lowest BCUT2D eigenvalue weighted by molar-refractivity contribution is 0.102. The highest BCUT2D eigenvalue weighted by molar-refractivity contribution is 7.90. The van der Waals surface area contributed by atoms with Gasteiger partial charge in [0.05, 0.1) is 4.90 Å². The molecule has 1 amide bonds. The molecular formula is C22H25N5O3S. The number of aromatic nitrogens is 4. The van der Waals surface area contributed by atoms with Gasteiger partial charge < -0.3 is 9.88 Å². The first kappa shape index (κ1) is 21.2. The van der Waals surface area contributed by atoms with Crippen LogP contribution in [-0.4, -0.2) is 40.3 Å². The van der Waals surface area contributed by atoms with Crippen LogP contribution in [0.5, 0.6) is 0 Å². The third kappa shape index (κ3) is 4.99. The maximum absolute atomic E-state index is 12.9. The van der Waals surface area contributed by atoms with Crippen molar-refractivity contribution in [3.63, 3.8) is 0 Å². The van der Waals surface area contributed by atoms with Crippen molar-refractivity contribution >= 4 is 21.4 Å². The van der Waals surface area contributed by atoms with Gasteiger partial charge in [-0.15, -0.1) is 10.2 Å². The number of carbonyl (C=O) groups excluding carboxylic acids is 1. The molecule has 1 saturated carbocycles. The lowest BCUT2D eigenvalue weighted by Gasteiger charge is -2.14. The fourth-order valence-electron chi connectivity index (χ4n) is 3.45. The van der Waals surface area contributed by atoms with Crippen LogP contribution in [0, 0.1) is 0 Å². The summed E-state index contributed by atoms with van der Waals surface area (Å²) in [6.45, 7) is 2.09. The number of hydrogen-bond donors (Lipinski definition) is 1. The Morgan fingerprint density at radius 2 is 2.03 bits per heavy atom. The number of nitrogens with one attached hydrogen (secondary N) is 1. The van der Waals surface area contributed by atoms with E-state index < -0.39 is 15.7 Å². The Kier molecular flexibility index (Phi) is 5.62. The van der Waals surface area contributed by atoms with Crippen molar-refractivity contribution in [2.75, 3.05) is 11.6 Å². The highest BCUT2D eigenvalue weighted by atomic mass is 32.2. The van der Waals surface area contributed by atoms with Gasteiger partial charge in [0.25, 0.3) is 5.91 Å². The number of hydrogen-bond acceptors (Lipinski definition) is 6. The minimum Gasteiger partial charge on any atom is -0.321 e. The fourth-order valence-corrected chi connectivity index (χ4v) is 4.11. The number of amides is 1. The molecule has 2 heterocycles. The zero-order chi connectivity index (χ0) is 22.2. The molecule has 162 valence electrons. The Morgan fingerprint density at radius 1 is 1.26 bits per heavy atom. The van der Waals surface area contributed by atoms with Crippen LogP contribution in [0.2, 0.25) is 0 Å². The van der Waals surface area contributed by atoms with Gasteiger partial charge in [0.15, 0.2) is 9.84 Å². The number of carbonyl (C=O) groups is 1. The molecule has 3 aromatic rings. The van der Waals surface area contributed by atoms with Gasteiger partial charge in [-0.25, -0.2) is 13.4 Å². The molecule has 0 saturated heterocycles. The number of rotatable bonds is 7. The Labute approximate surface area is 181 Å². The maximum Gasteiger partial charge on any atom is 0.274 e. The highest BCUT2D eigenvalue weighted by Crippen LogP contribution is 2.39. The predicted octanol–water partition coefficient (Wildman–Crippen LogP) is 3.09. The van der Waals surface area contributed by atoms with E-state index in [2.05, 4.69) is 27.4 Å². The van der Waals surface area contributed by atoms with Crippen LogP contribution in [0.1, 0.15) is 59.2 Å². The summed E-state index contributed by atoms with van der Waals surface area (Å²) in [5.74, 6) is 0.868. The zero-order valence-electron chi connectivity index (χ0n) is 17.7. The van der Waals surface area contributed by atoms with E-state index in [1.54, 1.807) is 18.5 Å². The predicted molar refractivity (Wildman–Crippen MR) is 117 cm³/mol. The van der Waals surface area contributed by atoms with Gasteiger partial charge in [-0.05, 0) is 48.6 Å². The molecule has 0 aliphatic heterocycles. The zero-order valence-corrected chi connectivity index (χ0v) is 18.6. The van der Waals surface area contributed by atoms with Gasteiger partial charge in [0.1, 0.15) is 17.8 Å². The van der Waals surface area contributed by atoms with Crippen LogP contribution in [0.4, 0.5) is 5.69 Å². The third-order valence-electron chi connectivity index (χ3n) is 5.48. The topological polar surface area (TPSA) is 107 Å². The first-order valence-corrected chi connectivity index (χ1v) is 12.1. The summed E-state index contributed by atoms with van der Waals surface area (Å²) in [5.41, 5.74) is 2.46. The Morgan fingerprint density at radius 3 is 2.68 bits per heavy atom. The van der Waals surface area contributed by atoms with Crippen LogP contribution >= 0.6 is 0 Å². The number of sulfone groups is 1. The molecule has 0 unspecified atom stereocenters. The largest absolute Gasteiger partial charge is 0.321 e. The second kappa shape index (κ2) is 8.22. The van der Waals surface area contributed by atoms with Crippen molar-refractivity contribution < 1.29 is 13.2 Å². The lowest BCUT2D eigenvalue weighted by atomic mass is 9.97. The molecule has 8 nitrogen and oxygen atoms in total. The van der Waals surface area contributed by atoms with Crippen molar-refractivity contribution in [3.8, 4) is 0 Å². The van der Waals surface area contributed by atoms with E-state index in [0.717, 1.165) is 36.9 Å². The van der Waals surface area contributed by atoms with Crippen LogP contribution < -0.4 is 5.32 Å². The molecule has 9 heteroatoms. The third-order valence-corrected chi connectivity index (χ3v) is 6.57. The second-order valence-corrected chi connectivity index (χ2v) is 10.2. The van der Waals surface area contributed by atoms with Crippen molar-refractivity contribution in [2.45, 2.75) is 42.9 Å². The van der Waals surface area contributed by atoms with Gasteiger partial charge in [-0.2, -0.15) is 0 Å². The van der Waals surface area contributed by atoms with Crippen LogP contribution in [0.25, 0.3) is 0 Å². The van der Waals surface area contributed by atoms with Crippen LogP contribution in [0.3, 0.4) is 0 Å². The molecule has 0 spiro atoms. The Bertz CT molecular complexity index is 1230. The molecule has 1 atom stereocenters. The van der Waals surface area contributed by atoms with Crippen molar-refractivity contribution in [3.05, 3.63) is 65.5 Å². The summed E-state index contributed by atoms with van der Waals surface area (Å²) in [6, 6.07) is 10.5. The van der Waals surface area contributed by atoms with Crippen LogP contribution in [-0.2, 0) is 23.3 Å². The standard InChI is InChI=1S/C22H25N5O3S/c1-14(9-21-26-23-13-27(21)2)16-5-4-6-17(10-16)24-22(28)20-12-18(31(3,29)30)11-19(25-20)15-7-8-15/h4-6,10-15H,7-9H2,1-3H3,(H,24,28)/t14-/m0/s1. The number of pyridine rings is 1. The van der Waals surface area contributed by atoms with Crippen molar-refractivity contribution in [2.24, 2.45) is 7.05 Å². The maximum atomic E-state index is 12.9. The van der Waals surface area contributed by atoms with Gasteiger partial charge in [0, 0.05) is 37.0 Å². The van der Waals surface area contributed by atoms with E-state index in [1.807, 2.05) is 29.8 Å². The summed E-state index contributed by atoms with van der Waals surface area (Å²) < 4.78 is 26.0. The Balaban J connectivity index is 1.54. The van der Waals surface area contributed by atoms with E-state index in [-0.39, 0.29) is 22.4 Å². The highest BCUT2D eigenvalue weighted by Gasteiger charge is 2.28. The monoisotopic (exact) mass is 439 g/mol. The minimum absolute atomic E-state index is 0.113. The molecule has 0 radical (unpaired) electrons. The molecular weight excluding hydrogens is 414 g/mol. The average Bonchev–Trinajstić information content (AvgIpc) is 3.51. The van der Waals surface area contributed by atoms with Gasteiger partial charge in [0.2, 0.25) is 0 Å². The van der Waals surface area contributed by atoms with Crippen molar-refractivity contribution in [1.29, 1.82) is 0 Å².